The molecule has 0 aromatic carbocycles. The zero-order chi connectivity index (χ0) is 16.5. The molecule has 0 radical (unpaired) electrons. The van der Waals surface area contributed by atoms with Gasteiger partial charge in [-0.2, -0.15) is 0 Å². The Morgan fingerprint density at radius 2 is 2.17 bits per heavy atom. The molecule has 2 N–H and O–H groups in total. The number of carbonyl (C=O) groups is 1. The number of carbonyl (C=O) groups excluding carboxylic acids is 1. The average Bonchev–Trinajstić information content (AvgIpc) is 2.55. The molecule has 0 saturated carbocycles. The van der Waals surface area contributed by atoms with Crippen LogP contribution in [0.25, 0.3) is 0 Å². The molecule has 0 aliphatic heterocycles. The van der Waals surface area contributed by atoms with E-state index in [1.54, 1.807) is 20.1 Å². The lowest BCUT2D eigenvalue weighted by molar-refractivity contribution is 0.0931. The van der Waals surface area contributed by atoms with Crippen molar-refractivity contribution in [3.63, 3.8) is 0 Å². The van der Waals surface area contributed by atoms with Crippen LogP contribution in [0.4, 0.5) is 5.82 Å². The molecule has 1 amide bonds. The van der Waals surface area contributed by atoms with Crippen LogP contribution in [0, 0.1) is 6.92 Å². The number of methoxy groups -OCH3 is 1. The molecule has 6 nitrogen and oxygen atoms in total. The molecule has 1 aliphatic rings. The van der Waals surface area contributed by atoms with Gasteiger partial charge in [-0.05, 0) is 39.0 Å². The van der Waals surface area contributed by atoms with Crippen LogP contribution in [0.3, 0.4) is 0 Å². The third-order valence-corrected chi connectivity index (χ3v) is 3.80. The second-order valence-electron chi connectivity index (χ2n) is 5.72. The van der Waals surface area contributed by atoms with Crippen LogP contribution in [0.5, 0.6) is 0 Å². The summed E-state index contributed by atoms with van der Waals surface area (Å²) in [6.07, 6.45) is 8.39. The monoisotopic (exact) mass is 318 g/mol. The molecule has 1 aliphatic carbocycles. The standard InChI is InChI=1S/C17H26N4O2/c1-13-20-15(17(22)19-10-11-23-2)12-16(21-13)18-9-8-14-6-4-3-5-7-14/h6,12H,3-5,7-11H2,1-2H3,(H,19,22)(H,18,20,21). The maximum absolute atomic E-state index is 12.1. The lowest BCUT2D eigenvalue weighted by Crippen LogP contribution is -2.28. The highest BCUT2D eigenvalue weighted by molar-refractivity contribution is 5.92. The first-order valence-electron chi connectivity index (χ1n) is 8.23. The number of hydrogen-bond donors (Lipinski definition) is 2. The Morgan fingerprint density at radius 3 is 2.91 bits per heavy atom. The van der Waals surface area contributed by atoms with Gasteiger partial charge in [-0.1, -0.05) is 11.6 Å². The van der Waals surface area contributed by atoms with Crippen molar-refractivity contribution in [2.45, 2.75) is 39.0 Å². The lowest BCUT2D eigenvalue weighted by atomic mass is 9.97. The molecule has 6 heteroatoms. The number of hydrogen-bond acceptors (Lipinski definition) is 5. The number of allylic oxidation sites excluding steroid dienone is 1. The van der Waals surface area contributed by atoms with Crippen molar-refractivity contribution in [3.05, 3.63) is 29.2 Å². The smallest absolute Gasteiger partial charge is 0.270 e. The Morgan fingerprint density at radius 1 is 1.30 bits per heavy atom. The Balaban J connectivity index is 1.88. The van der Waals surface area contributed by atoms with Crippen LogP contribution in [0.2, 0.25) is 0 Å². The Hall–Kier alpha value is -1.95. The van der Waals surface area contributed by atoms with Crippen LogP contribution in [-0.4, -0.2) is 42.7 Å². The van der Waals surface area contributed by atoms with E-state index in [-0.39, 0.29) is 5.91 Å². The minimum atomic E-state index is -0.203. The van der Waals surface area contributed by atoms with Crippen LogP contribution < -0.4 is 10.6 Å². The zero-order valence-corrected chi connectivity index (χ0v) is 14.0. The molecule has 0 saturated heterocycles. The molecule has 1 aromatic heterocycles. The van der Waals surface area contributed by atoms with Gasteiger partial charge >= 0.3 is 0 Å². The van der Waals surface area contributed by atoms with Crippen LogP contribution in [0.1, 0.15) is 48.4 Å². The predicted molar refractivity (Wildman–Crippen MR) is 90.6 cm³/mol. The van der Waals surface area contributed by atoms with E-state index in [4.69, 9.17) is 4.74 Å². The molecular weight excluding hydrogens is 292 g/mol. The molecule has 0 spiro atoms. The van der Waals surface area contributed by atoms with Gasteiger partial charge in [0.05, 0.1) is 6.61 Å². The molecule has 2 rings (SSSR count). The van der Waals surface area contributed by atoms with E-state index >= 15 is 0 Å². The Kier molecular flexibility index (Phi) is 7.00. The normalized spacial score (nSPS) is 14.3. The Bertz CT molecular complexity index is 558. The molecule has 1 heterocycles. The summed E-state index contributed by atoms with van der Waals surface area (Å²) in [4.78, 5) is 20.6. The quantitative estimate of drug-likeness (QED) is 0.569. The fourth-order valence-corrected chi connectivity index (χ4v) is 2.61. The zero-order valence-electron chi connectivity index (χ0n) is 14.0. The molecule has 0 atom stereocenters. The maximum atomic E-state index is 12.1. The van der Waals surface area contributed by atoms with Crippen molar-refractivity contribution in [2.75, 3.05) is 32.1 Å². The van der Waals surface area contributed by atoms with E-state index in [2.05, 4.69) is 26.7 Å². The molecule has 1 aromatic rings. The molecule has 0 unspecified atom stereocenters. The van der Waals surface area contributed by atoms with Crippen molar-refractivity contribution >= 4 is 11.7 Å². The third-order valence-electron chi connectivity index (χ3n) is 3.80. The van der Waals surface area contributed by atoms with Gasteiger partial charge in [0.15, 0.2) is 0 Å². The highest BCUT2D eigenvalue weighted by atomic mass is 16.5. The van der Waals surface area contributed by atoms with Crippen LogP contribution >= 0.6 is 0 Å². The minimum absolute atomic E-state index is 0.203. The number of ether oxygens (including phenoxy) is 1. The fourth-order valence-electron chi connectivity index (χ4n) is 2.61. The van der Waals surface area contributed by atoms with E-state index in [9.17, 15) is 4.79 Å². The van der Waals surface area contributed by atoms with Gasteiger partial charge in [0.25, 0.3) is 5.91 Å². The minimum Gasteiger partial charge on any atom is -0.383 e. The van der Waals surface area contributed by atoms with Gasteiger partial charge in [-0.3, -0.25) is 4.79 Å². The first-order chi connectivity index (χ1) is 11.2. The fraction of sp³-hybridized carbons (Fsp3) is 0.588. The second kappa shape index (κ2) is 9.25. The van der Waals surface area contributed by atoms with E-state index in [1.807, 2.05) is 0 Å². The number of aryl methyl sites for hydroxylation is 1. The molecule has 0 bridgehead atoms. The Labute approximate surface area is 137 Å². The SMILES string of the molecule is COCCNC(=O)c1cc(NCCC2=CCCCC2)nc(C)n1. The average molecular weight is 318 g/mol. The largest absolute Gasteiger partial charge is 0.383 e. The number of rotatable bonds is 8. The highest BCUT2D eigenvalue weighted by Crippen LogP contribution is 2.20. The number of anilines is 1. The molecule has 0 fully saturated rings. The van der Waals surface area contributed by atoms with Crippen LogP contribution in [0.15, 0.2) is 17.7 Å². The second-order valence-corrected chi connectivity index (χ2v) is 5.72. The predicted octanol–water partition coefficient (Wildman–Crippen LogP) is 2.46. The van der Waals surface area contributed by atoms with Gasteiger partial charge in [0.1, 0.15) is 17.3 Å². The van der Waals surface area contributed by atoms with E-state index in [0.29, 0.717) is 30.5 Å². The number of amides is 1. The summed E-state index contributed by atoms with van der Waals surface area (Å²) >= 11 is 0. The summed E-state index contributed by atoms with van der Waals surface area (Å²) in [7, 11) is 1.60. The van der Waals surface area contributed by atoms with Gasteiger partial charge in [0, 0.05) is 26.3 Å². The number of nitrogens with one attached hydrogen (secondary N) is 2. The van der Waals surface area contributed by atoms with E-state index < -0.39 is 0 Å². The van der Waals surface area contributed by atoms with Crippen molar-refractivity contribution < 1.29 is 9.53 Å². The third kappa shape index (κ3) is 5.98. The summed E-state index contributed by atoms with van der Waals surface area (Å²) in [6.45, 7) is 3.57. The lowest BCUT2D eigenvalue weighted by Gasteiger charge is -2.13. The summed E-state index contributed by atoms with van der Waals surface area (Å²) < 4.78 is 4.92. The maximum Gasteiger partial charge on any atom is 0.270 e. The first kappa shape index (κ1) is 17.4. The van der Waals surface area contributed by atoms with E-state index in [1.165, 1.54) is 31.3 Å². The summed E-state index contributed by atoms with van der Waals surface area (Å²) in [6, 6.07) is 1.70. The summed E-state index contributed by atoms with van der Waals surface area (Å²) in [5, 5.41) is 6.07. The number of nitrogens with zero attached hydrogens (tertiary/aromatic N) is 2. The number of aromatic nitrogens is 2. The van der Waals surface area contributed by atoms with Gasteiger partial charge < -0.3 is 15.4 Å². The van der Waals surface area contributed by atoms with Crippen molar-refractivity contribution in [1.29, 1.82) is 0 Å². The molecule has 23 heavy (non-hydrogen) atoms. The molecule has 126 valence electrons. The highest BCUT2D eigenvalue weighted by Gasteiger charge is 2.10. The molecular formula is C17H26N4O2. The van der Waals surface area contributed by atoms with Gasteiger partial charge in [-0.25, -0.2) is 9.97 Å². The van der Waals surface area contributed by atoms with Gasteiger partial charge in [-0.15, -0.1) is 0 Å². The van der Waals surface area contributed by atoms with Crippen molar-refractivity contribution in [2.24, 2.45) is 0 Å². The first-order valence-corrected chi connectivity index (χ1v) is 8.23. The van der Waals surface area contributed by atoms with Crippen molar-refractivity contribution in [1.82, 2.24) is 15.3 Å². The summed E-state index contributed by atoms with van der Waals surface area (Å²) in [5.74, 6) is 1.08. The van der Waals surface area contributed by atoms with Crippen LogP contribution in [-0.2, 0) is 4.74 Å². The van der Waals surface area contributed by atoms with Gasteiger partial charge in [0.2, 0.25) is 0 Å². The van der Waals surface area contributed by atoms with E-state index in [0.717, 1.165) is 13.0 Å². The summed E-state index contributed by atoms with van der Waals surface area (Å²) in [5.41, 5.74) is 1.90. The topological polar surface area (TPSA) is 76.1 Å². The van der Waals surface area contributed by atoms with Crippen molar-refractivity contribution in [3.8, 4) is 0 Å².